The summed E-state index contributed by atoms with van der Waals surface area (Å²) < 4.78 is 5.81. The van der Waals surface area contributed by atoms with E-state index in [0.29, 0.717) is 11.3 Å². The SMILES string of the molecule is COC(=O)c1nn(-c2ccccc2)c(=O)cc1C. The highest BCUT2D eigenvalue weighted by atomic mass is 16.5. The fourth-order valence-corrected chi connectivity index (χ4v) is 1.60. The highest BCUT2D eigenvalue weighted by molar-refractivity contribution is 5.88. The number of aromatic nitrogens is 2. The molecule has 0 saturated carbocycles. The molecular formula is C13H12N2O3. The lowest BCUT2D eigenvalue weighted by molar-refractivity contribution is 0.0590. The van der Waals surface area contributed by atoms with Crippen molar-refractivity contribution < 1.29 is 9.53 Å². The molecule has 1 heterocycles. The van der Waals surface area contributed by atoms with E-state index in [9.17, 15) is 9.59 Å². The number of carbonyl (C=O) groups excluding carboxylic acids is 1. The second kappa shape index (κ2) is 4.83. The van der Waals surface area contributed by atoms with Crippen molar-refractivity contribution in [1.29, 1.82) is 0 Å². The van der Waals surface area contributed by atoms with E-state index in [1.807, 2.05) is 6.07 Å². The Bertz CT molecular complexity index is 632. The molecule has 2 rings (SSSR count). The second-order valence-corrected chi connectivity index (χ2v) is 3.75. The summed E-state index contributed by atoms with van der Waals surface area (Å²) >= 11 is 0. The Morgan fingerprint density at radius 2 is 1.94 bits per heavy atom. The fourth-order valence-electron chi connectivity index (χ4n) is 1.60. The summed E-state index contributed by atoms with van der Waals surface area (Å²) in [5, 5.41) is 4.04. The summed E-state index contributed by atoms with van der Waals surface area (Å²) in [5.74, 6) is -0.558. The van der Waals surface area contributed by atoms with Crippen molar-refractivity contribution in [3.63, 3.8) is 0 Å². The molecule has 0 fully saturated rings. The van der Waals surface area contributed by atoms with Crippen LogP contribution in [0.1, 0.15) is 16.1 Å². The minimum absolute atomic E-state index is 0.140. The Hall–Kier alpha value is -2.43. The standard InChI is InChI=1S/C13H12N2O3/c1-9-8-11(16)15(10-6-4-3-5-7-10)14-12(9)13(17)18-2/h3-8H,1-2H3. The molecule has 0 aliphatic rings. The van der Waals surface area contributed by atoms with Gasteiger partial charge in [-0.25, -0.2) is 4.79 Å². The molecule has 0 radical (unpaired) electrons. The van der Waals surface area contributed by atoms with E-state index in [2.05, 4.69) is 9.84 Å². The van der Waals surface area contributed by atoms with Gasteiger partial charge < -0.3 is 4.74 Å². The first-order valence-corrected chi connectivity index (χ1v) is 5.38. The first kappa shape index (κ1) is 12.0. The van der Waals surface area contributed by atoms with Gasteiger partial charge in [0.25, 0.3) is 5.56 Å². The second-order valence-electron chi connectivity index (χ2n) is 3.75. The molecule has 92 valence electrons. The highest BCUT2D eigenvalue weighted by Gasteiger charge is 2.14. The molecule has 1 aromatic carbocycles. The van der Waals surface area contributed by atoms with Gasteiger partial charge in [0, 0.05) is 6.07 Å². The van der Waals surface area contributed by atoms with Crippen molar-refractivity contribution in [2.75, 3.05) is 7.11 Å². The lowest BCUT2D eigenvalue weighted by Crippen LogP contribution is -2.24. The number of esters is 1. The Morgan fingerprint density at radius 3 is 2.56 bits per heavy atom. The zero-order chi connectivity index (χ0) is 13.1. The molecule has 0 bridgehead atoms. The van der Waals surface area contributed by atoms with E-state index >= 15 is 0 Å². The van der Waals surface area contributed by atoms with Crippen molar-refractivity contribution in [3.05, 3.63) is 58.0 Å². The van der Waals surface area contributed by atoms with Gasteiger partial charge >= 0.3 is 5.97 Å². The number of aryl methyl sites for hydroxylation is 1. The molecule has 1 aromatic heterocycles. The van der Waals surface area contributed by atoms with Crippen LogP contribution >= 0.6 is 0 Å². The molecule has 5 nitrogen and oxygen atoms in total. The summed E-state index contributed by atoms with van der Waals surface area (Å²) in [5.41, 5.74) is 0.957. The Morgan fingerprint density at radius 1 is 1.28 bits per heavy atom. The maximum absolute atomic E-state index is 11.9. The van der Waals surface area contributed by atoms with Gasteiger partial charge in [0.1, 0.15) is 0 Å². The molecule has 18 heavy (non-hydrogen) atoms. The van der Waals surface area contributed by atoms with E-state index in [-0.39, 0.29) is 11.3 Å². The quantitative estimate of drug-likeness (QED) is 0.748. The number of hydrogen-bond acceptors (Lipinski definition) is 4. The predicted octanol–water partition coefficient (Wildman–Crippen LogP) is 1.33. The van der Waals surface area contributed by atoms with Crippen LogP contribution in [0.5, 0.6) is 0 Å². The molecular weight excluding hydrogens is 232 g/mol. The van der Waals surface area contributed by atoms with Gasteiger partial charge in [-0.2, -0.15) is 9.78 Å². The lowest BCUT2D eigenvalue weighted by atomic mass is 10.2. The van der Waals surface area contributed by atoms with Crippen LogP contribution in [0.2, 0.25) is 0 Å². The average molecular weight is 244 g/mol. The van der Waals surface area contributed by atoms with Crippen LogP contribution in [-0.4, -0.2) is 22.9 Å². The van der Waals surface area contributed by atoms with Crippen molar-refractivity contribution in [2.24, 2.45) is 0 Å². The first-order valence-electron chi connectivity index (χ1n) is 5.38. The first-order chi connectivity index (χ1) is 8.63. The number of rotatable bonds is 2. The average Bonchev–Trinajstić information content (AvgIpc) is 2.39. The van der Waals surface area contributed by atoms with Crippen molar-refractivity contribution in [2.45, 2.75) is 6.92 Å². The summed E-state index contributed by atoms with van der Waals surface area (Å²) in [6.45, 7) is 1.65. The predicted molar refractivity (Wildman–Crippen MR) is 65.9 cm³/mol. The summed E-state index contributed by atoms with van der Waals surface area (Å²) in [4.78, 5) is 23.4. The van der Waals surface area contributed by atoms with Gasteiger partial charge in [0.05, 0.1) is 12.8 Å². The number of nitrogens with zero attached hydrogens (tertiary/aromatic N) is 2. The van der Waals surface area contributed by atoms with Crippen LogP contribution in [0.25, 0.3) is 5.69 Å². The molecule has 0 spiro atoms. The molecule has 0 amide bonds. The van der Waals surface area contributed by atoms with E-state index in [4.69, 9.17) is 0 Å². The third-order valence-corrected chi connectivity index (χ3v) is 2.50. The molecule has 5 heteroatoms. The van der Waals surface area contributed by atoms with Gasteiger partial charge in [-0.1, -0.05) is 18.2 Å². The topological polar surface area (TPSA) is 61.2 Å². The third-order valence-electron chi connectivity index (χ3n) is 2.50. The minimum Gasteiger partial charge on any atom is -0.464 e. The number of para-hydroxylation sites is 1. The normalized spacial score (nSPS) is 10.1. The number of carbonyl (C=O) groups is 1. The van der Waals surface area contributed by atoms with E-state index < -0.39 is 5.97 Å². The smallest absolute Gasteiger partial charge is 0.358 e. The van der Waals surface area contributed by atoms with Crippen LogP contribution in [-0.2, 0) is 4.74 Å². The van der Waals surface area contributed by atoms with Crippen molar-refractivity contribution >= 4 is 5.97 Å². The number of benzene rings is 1. The molecule has 0 N–H and O–H groups in total. The molecule has 0 saturated heterocycles. The lowest BCUT2D eigenvalue weighted by Gasteiger charge is -2.07. The maximum atomic E-state index is 11.9. The van der Waals surface area contributed by atoms with Gasteiger partial charge in [0.2, 0.25) is 0 Å². The highest BCUT2D eigenvalue weighted by Crippen LogP contribution is 2.06. The molecule has 0 aliphatic heterocycles. The maximum Gasteiger partial charge on any atom is 0.358 e. The zero-order valence-electron chi connectivity index (χ0n) is 10.1. The molecule has 0 unspecified atom stereocenters. The van der Waals surface area contributed by atoms with E-state index in [1.54, 1.807) is 31.2 Å². The summed E-state index contributed by atoms with van der Waals surface area (Å²) in [7, 11) is 1.28. The Kier molecular flexibility index (Phi) is 3.23. The largest absolute Gasteiger partial charge is 0.464 e. The number of methoxy groups -OCH3 is 1. The zero-order valence-corrected chi connectivity index (χ0v) is 10.1. The number of ether oxygens (including phenoxy) is 1. The molecule has 2 aromatic rings. The number of hydrogen-bond donors (Lipinski definition) is 0. The van der Waals surface area contributed by atoms with Crippen molar-refractivity contribution in [1.82, 2.24) is 9.78 Å². The monoisotopic (exact) mass is 244 g/mol. The third kappa shape index (κ3) is 2.15. The van der Waals surface area contributed by atoms with Gasteiger partial charge in [0.15, 0.2) is 5.69 Å². The summed E-state index contributed by atoms with van der Waals surface area (Å²) in [6, 6.07) is 10.3. The minimum atomic E-state index is -0.558. The van der Waals surface area contributed by atoms with Crippen LogP contribution in [0.3, 0.4) is 0 Å². The Balaban J connectivity index is 2.63. The van der Waals surface area contributed by atoms with E-state index in [1.165, 1.54) is 17.9 Å². The molecule has 0 aliphatic carbocycles. The van der Waals surface area contributed by atoms with Crippen LogP contribution in [0, 0.1) is 6.92 Å². The Labute approximate surface area is 104 Å². The fraction of sp³-hybridized carbons (Fsp3) is 0.154. The van der Waals surface area contributed by atoms with E-state index in [0.717, 1.165) is 0 Å². The van der Waals surface area contributed by atoms with Crippen LogP contribution < -0.4 is 5.56 Å². The van der Waals surface area contributed by atoms with Gasteiger partial charge in [-0.05, 0) is 24.6 Å². The van der Waals surface area contributed by atoms with Crippen molar-refractivity contribution in [3.8, 4) is 5.69 Å². The van der Waals surface area contributed by atoms with Crippen LogP contribution in [0.15, 0.2) is 41.2 Å². The van der Waals surface area contributed by atoms with Crippen LogP contribution in [0.4, 0.5) is 0 Å². The summed E-state index contributed by atoms with van der Waals surface area (Å²) in [6.07, 6.45) is 0. The van der Waals surface area contributed by atoms with Gasteiger partial charge in [-0.3, -0.25) is 4.79 Å². The van der Waals surface area contributed by atoms with Gasteiger partial charge in [-0.15, -0.1) is 0 Å². The molecule has 0 atom stereocenters.